The fourth-order valence-electron chi connectivity index (χ4n) is 4.11. The summed E-state index contributed by atoms with van der Waals surface area (Å²) in [6, 6.07) is 9.45. The number of fused-ring (bicyclic) bond motifs is 4. The monoisotopic (exact) mass is 443 g/mol. The van der Waals surface area contributed by atoms with Crippen LogP contribution in [0.25, 0.3) is 32.2 Å². The van der Waals surface area contributed by atoms with Gasteiger partial charge in [0, 0.05) is 36.0 Å². The van der Waals surface area contributed by atoms with E-state index in [9.17, 15) is 9.59 Å². The third-order valence-electron chi connectivity index (χ3n) is 5.71. The molecule has 0 fully saturated rings. The van der Waals surface area contributed by atoms with E-state index in [1.165, 1.54) is 16.0 Å². The predicted octanol–water partition coefficient (Wildman–Crippen LogP) is 2.55. The van der Waals surface area contributed by atoms with E-state index >= 15 is 0 Å². The molecule has 5 aromatic heterocycles. The van der Waals surface area contributed by atoms with Gasteiger partial charge < -0.3 is 9.55 Å². The van der Waals surface area contributed by atoms with Gasteiger partial charge in [-0.25, -0.2) is 9.67 Å². The van der Waals surface area contributed by atoms with Crippen LogP contribution < -0.4 is 11.1 Å². The molecule has 5 heterocycles. The van der Waals surface area contributed by atoms with Crippen molar-refractivity contribution in [1.29, 1.82) is 0 Å². The van der Waals surface area contributed by atoms with Crippen molar-refractivity contribution >= 4 is 43.5 Å². The van der Waals surface area contributed by atoms with E-state index in [0.29, 0.717) is 24.0 Å². The van der Waals surface area contributed by atoms with Crippen molar-refractivity contribution in [3.63, 3.8) is 0 Å². The lowest BCUT2D eigenvalue weighted by atomic mass is 10.1. The highest BCUT2D eigenvalue weighted by Crippen LogP contribution is 2.31. The molecule has 0 spiro atoms. The standard InChI is InChI=1S/C22H17N7O2S/c1-28-18-15(19-20(28)26-17(32-19)8-12-5-3-7-23-21(12)30)10-25-29(22(18)31)11-13-4-2-6-16-14(13)9-24-27-16/h2-7,9-10H,8,11H2,1H3,(H,23,30)(H,24,27). The van der Waals surface area contributed by atoms with E-state index in [1.54, 1.807) is 30.7 Å². The molecule has 1 aromatic carbocycles. The van der Waals surface area contributed by atoms with Crippen LogP contribution >= 0.6 is 11.3 Å². The number of aryl methyl sites for hydroxylation is 1. The molecule has 0 radical (unpaired) electrons. The molecule has 6 rings (SSSR count). The minimum absolute atomic E-state index is 0.117. The van der Waals surface area contributed by atoms with Crippen molar-refractivity contribution in [2.75, 3.05) is 0 Å². The first kappa shape index (κ1) is 18.7. The molecule has 0 aliphatic rings. The van der Waals surface area contributed by atoms with Gasteiger partial charge in [0.05, 0.1) is 29.2 Å². The quantitative estimate of drug-likeness (QED) is 0.435. The Morgan fingerprint density at radius 3 is 2.81 bits per heavy atom. The highest BCUT2D eigenvalue weighted by molar-refractivity contribution is 7.19. The van der Waals surface area contributed by atoms with Gasteiger partial charge in [0.1, 0.15) is 10.5 Å². The van der Waals surface area contributed by atoms with E-state index in [1.807, 2.05) is 29.8 Å². The summed E-state index contributed by atoms with van der Waals surface area (Å²) in [5.41, 5.74) is 3.55. The van der Waals surface area contributed by atoms with E-state index in [0.717, 1.165) is 37.2 Å². The van der Waals surface area contributed by atoms with Crippen molar-refractivity contribution < 1.29 is 0 Å². The number of aromatic nitrogens is 7. The molecule has 6 aromatic rings. The van der Waals surface area contributed by atoms with Gasteiger partial charge >= 0.3 is 0 Å². The zero-order valence-electron chi connectivity index (χ0n) is 17.0. The topological polar surface area (TPSA) is 114 Å². The maximum Gasteiger partial charge on any atom is 0.291 e. The third-order valence-corrected chi connectivity index (χ3v) is 6.78. The third kappa shape index (κ3) is 2.80. The molecule has 2 N–H and O–H groups in total. The van der Waals surface area contributed by atoms with Crippen molar-refractivity contribution in [1.82, 2.24) is 34.5 Å². The van der Waals surface area contributed by atoms with Gasteiger partial charge in [0.25, 0.3) is 11.1 Å². The summed E-state index contributed by atoms with van der Waals surface area (Å²) in [6.45, 7) is 0.347. The van der Waals surface area contributed by atoms with Gasteiger partial charge in [0.2, 0.25) is 0 Å². The first-order valence-corrected chi connectivity index (χ1v) is 10.8. The number of pyridine rings is 1. The zero-order chi connectivity index (χ0) is 21.8. The molecule has 0 saturated carbocycles. The molecular formula is C22H17N7O2S. The van der Waals surface area contributed by atoms with Gasteiger partial charge in [-0.15, -0.1) is 11.3 Å². The summed E-state index contributed by atoms with van der Waals surface area (Å²) >= 11 is 1.49. The van der Waals surface area contributed by atoms with Crippen LogP contribution in [0.5, 0.6) is 0 Å². The second-order valence-electron chi connectivity index (χ2n) is 7.64. The van der Waals surface area contributed by atoms with Crippen LogP contribution in [-0.4, -0.2) is 34.5 Å². The minimum Gasteiger partial charge on any atom is -0.329 e. The fraction of sp³-hybridized carbons (Fsp3) is 0.136. The Balaban J connectivity index is 1.44. The number of nitrogens with one attached hydrogen (secondary N) is 2. The Labute approximate surface area is 184 Å². The molecule has 10 heteroatoms. The second-order valence-corrected chi connectivity index (χ2v) is 8.72. The predicted molar refractivity (Wildman–Crippen MR) is 123 cm³/mol. The van der Waals surface area contributed by atoms with Crippen LogP contribution in [0.15, 0.2) is 58.5 Å². The first-order chi connectivity index (χ1) is 15.6. The number of hydrogen-bond donors (Lipinski definition) is 2. The Bertz CT molecular complexity index is 1750. The lowest BCUT2D eigenvalue weighted by molar-refractivity contribution is 0.647. The summed E-state index contributed by atoms with van der Waals surface area (Å²) in [5.74, 6) is 0. The van der Waals surface area contributed by atoms with E-state index in [2.05, 4.69) is 20.3 Å². The maximum atomic E-state index is 13.3. The van der Waals surface area contributed by atoms with Crippen LogP contribution in [0.3, 0.4) is 0 Å². The number of H-pyrrole nitrogens is 2. The Hall–Kier alpha value is -4.05. The highest BCUT2D eigenvalue weighted by atomic mass is 32.1. The molecule has 0 bridgehead atoms. The average Bonchev–Trinajstić information content (AvgIpc) is 3.49. The van der Waals surface area contributed by atoms with Gasteiger partial charge in [-0.05, 0) is 17.7 Å². The smallest absolute Gasteiger partial charge is 0.291 e. The van der Waals surface area contributed by atoms with Gasteiger partial charge in [-0.2, -0.15) is 10.2 Å². The summed E-state index contributed by atoms with van der Waals surface area (Å²) in [5, 5.41) is 14.0. The number of hydrogen-bond acceptors (Lipinski definition) is 6. The number of benzene rings is 1. The highest BCUT2D eigenvalue weighted by Gasteiger charge is 2.19. The van der Waals surface area contributed by atoms with Crippen LogP contribution in [-0.2, 0) is 20.0 Å². The molecular weight excluding hydrogens is 426 g/mol. The minimum atomic E-state index is -0.170. The summed E-state index contributed by atoms with van der Waals surface area (Å²) in [7, 11) is 1.84. The van der Waals surface area contributed by atoms with Crippen LogP contribution in [0.4, 0.5) is 0 Å². The molecule has 0 amide bonds. The maximum absolute atomic E-state index is 13.3. The summed E-state index contributed by atoms with van der Waals surface area (Å²) in [4.78, 5) is 32.7. The van der Waals surface area contributed by atoms with E-state index in [4.69, 9.17) is 4.98 Å². The molecule has 0 aliphatic heterocycles. The Kier molecular flexibility index (Phi) is 4.08. The molecule has 0 saturated heterocycles. The molecule has 158 valence electrons. The number of nitrogens with zero attached hydrogens (tertiary/aromatic N) is 5. The lowest BCUT2D eigenvalue weighted by Gasteiger charge is -2.07. The number of rotatable bonds is 4. The van der Waals surface area contributed by atoms with E-state index in [-0.39, 0.29) is 11.1 Å². The summed E-state index contributed by atoms with van der Waals surface area (Å²) in [6.07, 6.45) is 5.54. The van der Waals surface area contributed by atoms with Crippen molar-refractivity contribution in [3.05, 3.63) is 85.8 Å². The molecule has 32 heavy (non-hydrogen) atoms. The molecule has 0 atom stereocenters. The normalized spacial score (nSPS) is 11.8. The molecule has 0 aliphatic carbocycles. The Morgan fingerprint density at radius 2 is 1.94 bits per heavy atom. The average molecular weight is 443 g/mol. The molecule has 9 nitrogen and oxygen atoms in total. The van der Waals surface area contributed by atoms with Crippen molar-refractivity contribution in [3.8, 4) is 0 Å². The van der Waals surface area contributed by atoms with Gasteiger partial charge in [0.15, 0.2) is 5.65 Å². The first-order valence-electron chi connectivity index (χ1n) is 10.0. The van der Waals surface area contributed by atoms with Gasteiger partial charge in [-0.1, -0.05) is 18.2 Å². The van der Waals surface area contributed by atoms with Crippen LogP contribution in [0.1, 0.15) is 16.1 Å². The lowest BCUT2D eigenvalue weighted by Crippen LogP contribution is -2.24. The van der Waals surface area contributed by atoms with E-state index < -0.39 is 0 Å². The second kappa shape index (κ2) is 6.99. The van der Waals surface area contributed by atoms with Crippen molar-refractivity contribution in [2.45, 2.75) is 13.0 Å². The molecule has 0 unspecified atom stereocenters. The summed E-state index contributed by atoms with van der Waals surface area (Å²) < 4.78 is 4.19. The Morgan fingerprint density at radius 1 is 1.06 bits per heavy atom. The zero-order valence-corrected chi connectivity index (χ0v) is 17.8. The van der Waals surface area contributed by atoms with Crippen LogP contribution in [0.2, 0.25) is 0 Å². The number of aromatic amines is 2. The largest absolute Gasteiger partial charge is 0.329 e. The number of thiazole rings is 1. The SMILES string of the molecule is Cn1c2nc(Cc3ccc[nH]c3=O)sc2c2cnn(Cc3cccc4[nH]ncc34)c(=O)c21. The van der Waals surface area contributed by atoms with Gasteiger partial charge in [-0.3, -0.25) is 14.7 Å². The van der Waals surface area contributed by atoms with Crippen molar-refractivity contribution in [2.24, 2.45) is 7.05 Å². The van der Waals surface area contributed by atoms with Crippen LogP contribution in [0, 0.1) is 0 Å². The fourth-order valence-corrected chi connectivity index (χ4v) is 5.24.